The quantitative estimate of drug-likeness (QED) is 0.361. The molecule has 0 spiro atoms. The van der Waals surface area contributed by atoms with E-state index >= 15 is 0 Å². The van der Waals surface area contributed by atoms with E-state index in [1.54, 1.807) is 0 Å². The van der Waals surface area contributed by atoms with Gasteiger partial charge in [-0.2, -0.15) is 0 Å². The summed E-state index contributed by atoms with van der Waals surface area (Å²) < 4.78 is 0. The normalized spacial score (nSPS) is 8.00. The zero-order valence-corrected chi connectivity index (χ0v) is 5.11. The summed E-state index contributed by atoms with van der Waals surface area (Å²) in [5.74, 6) is 0. The number of unbranched alkanes of at least 4 members (excludes halogenated alkanes) is 2. The van der Waals surface area contributed by atoms with Crippen LogP contribution >= 0.6 is 0 Å². The first kappa shape index (κ1) is 7.13. The fourth-order valence-corrected chi connectivity index (χ4v) is 0.539. The molecule has 0 atom stereocenters. The Hall–Kier alpha value is 0.130. The van der Waals surface area contributed by atoms with Gasteiger partial charge in [-0.25, -0.2) is 0 Å². The zero-order valence-electron chi connectivity index (χ0n) is 5.11. The van der Waals surface area contributed by atoms with Gasteiger partial charge < -0.3 is 0 Å². The van der Waals surface area contributed by atoms with Gasteiger partial charge in [0, 0.05) is 0 Å². The minimum atomic E-state index is 1.19. The molecule has 0 aliphatic carbocycles. The Morgan fingerprint density at radius 1 is 1.43 bits per heavy atom. The topological polar surface area (TPSA) is 0 Å². The van der Waals surface area contributed by atoms with Crippen molar-refractivity contribution in [2.45, 2.75) is 32.5 Å². The van der Waals surface area contributed by atoms with Crippen LogP contribution < -0.4 is 0 Å². The predicted octanol–water partition coefficient (Wildman–Crippen LogP) is 1.11. The SMILES string of the molecule is B=BCCCCC. The van der Waals surface area contributed by atoms with Crippen molar-refractivity contribution in [3.8, 4) is 0 Å². The Morgan fingerprint density at radius 3 is 2.57 bits per heavy atom. The molecule has 0 bridgehead atoms. The fraction of sp³-hybridized carbons (Fsp3) is 1.00. The summed E-state index contributed by atoms with van der Waals surface area (Å²) in [7, 11) is 3.63. The average molecular weight is 93.8 g/mol. The van der Waals surface area contributed by atoms with Gasteiger partial charge in [0.2, 0.25) is 0 Å². The molecule has 0 radical (unpaired) electrons. The molecule has 0 amide bonds. The van der Waals surface area contributed by atoms with E-state index < -0.39 is 0 Å². The molecular formula is C5H12B2. The molecule has 0 rings (SSSR count). The van der Waals surface area contributed by atoms with E-state index in [0.717, 1.165) is 0 Å². The molecule has 0 aromatic heterocycles. The van der Waals surface area contributed by atoms with Crippen LogP contribution in [0.3, 0.4) is 0 Å². The second kappa shape index (κ2) is 6.13. The number of rotatable bonds is 4. The average Bonchev–Trinajstić information content (AvgIpc) is 1.69. The van der Waals surface area contributed by atoms with Crippen molar-refractivity contribution in [1.82, 2.24) is 0 Å². The Kier molecular flexibility index (Phi) is 6.24. The van der Waals surface area contributed by atoms with E-state index in [2.05, 4.69) is 14.3 Å². The standard InChI is InChI=1S/C5H12B2/c1-2-3-4-5-7-6/h6H,2-5H2,1H3. The molecule has 0 heterocycles. The third-order valence-corrected chi connectivity index (χ3v) is 1.01. The molecule has 38 valence electrons. The monoisotopic (exact) mass is 94.1 g/mol. The van der Waals surface area contributed by atoms with E-state index in [1.165, 1.54) is 25.6 Å². The summed E-state index contributed by atoms with van der Waals surface area (Å²) in [6, 6.07) is 0. The van der Waals surface area contributed by atoms with Crippen LogP contribution in [0.4, 0.5) is 0 Å². The number of hydrogen-bond acceptors (Lipinski definition) is 0. The second-order valence-corrected chi connectivity index (χ2v) is 1.78. The Bertz CT molecular complexity index is 43.3. The van der Waals surface area contributed by atoms with Crippen LogP contribution in [0, 0.1) is 0 Å². The Labute approximate surface area is 47.6 Å². The first-order valence-corrected chi connectivity index (χ1v) is 3.02. The van der Waals surface area contributed by atoms with Crippen LogP contribution in [-0.2, 0) is 0 Å². The molecule has 7 heavy (non-hydrogen) atoms. The molecule has 0 saturated heterocycles. The molecule has 0 aromatic rings. The maximum atomic E-state index is 3.63. The van der Waals surface area contributed by atoms with Crippen molar-refractivity contribution in [2.24, 2.45) is 0 Å². The van der Waals surface area contributed by atoms with Gasteiger partial charge >= 0.3 is 46.7 Å². The van der Waals surface area contributed by atoms with Crippen LogP contribution in [0.1, 0.15) is 26.2 Å². The summed E-state index contributed by atoms with van der Waals surface area (Å²) in [6.45, 7) is 4.19. The van der Waals surface area contributed by atoms with Gasteiger partial charge in [-0.15, -0.1) is 0 Å². The third kappa shape index (κ3) is 6.13. The maximum absolute atomic E-state index is 3.63. The van der Waals surface area contributed by atoms with Crippen molar-refractivity contribution in [2.75, 3.05) is 0 Å². The summed E-state index contributed by atoms with van der Waals surface area (Å²) in [5, 5.41) is 0. The van der Waals surface area contributed by atoms with Gasteiger partial charge in [-0.3, -0.25) is 0 Å². The Morgan fingerprint density at radius 2 is 2.14 bits per heavy atom. The fourth-order valence-electron chi connectivity index (χ4n) is 0.539. The van der Waals surface area contributed by atoms with E-state index in [1.807, 2.05) is 6.80 Å². The molecule has 0 aliphatic heterocycles. The molecule has 2 heteroatoms. The molecule has 0 unspecified atom stereocenters. The van der Waals surface area contributed by atoms with E-state index in [9.17, 15) is 0 Å². The van der Waals surface area contributed by atoms with E-state index in [4.69, 9.17) is 0 Å². The van der Waals surface area contributed by atoms with Gasteiger partial charge in [0.05, 0.1) is 0 Å². The zero-order chi connectivity index (χ0) is 5.54. The molecule has 0 aromatic carbocycles. The predicted molar refractivity (Wildman–Crippen MR) is 37.2 cm³/mol. The minimum absolute atomic E-state index is 1.19. The molecule has 0 nitrogen and oxygen atoms in total. The van der Waals surface area contributed by atoms with Crippen molar-refractivity contribution in [3.05, 3.63) is 0 Å². The van der Waals surface area contributed by atoms with E-state index in [0.29, 0.717) is 0 Å². The van der Waals surface area contributed by atoms with Crippen LogP contribution in [0.25, 0.3) is 0 Å². The van der Waals surface area contributed by atoms with Crippen LogP contribution in [0.2, 0.25) is 6.32 Å². The molecule has 0 N–H and O–H groups in total. The summed E-state index contributed by atoms with van der Waals surface area (Å²) >= 11 is 0. The first-order chi connectivity index (χ1) is 3.41. The van der Waals surface area contributed by atoms with Crippen molar-refractivity contribution < 1.29 is 0 Å². The van der Waals surface area contributed by atoms with Crippen LogP contribution in [0.5, 0.6) is 0 Å². The van der Waals surface area contributed by atoms with Crippen molar-refractivity contribution >= 4 is 14.2 Å². The van der Waals surface area contributed by atoms with Gasteiger partial charge in [0.1, 0.15) is 0 Å². The van der Waals surface area contributed by atoms with Gasteiger partial charge in [0.15, 0.2) is 0 Å². The van der Waals surface area contributed by atoms with Gasteiger partial charge in [-0.1, -0.05) is 0 Å². The second-order valence-electron chi connectivity index (χ2n) is 1.78. The summed E-state index contributed by atoms with van der Waals surface area (Å²) in [4.78, 5) is 0. The van der Waals surface area contributed by atoms with Crippen LogP contribution in [0.15, 0.2) is 0 Å². The Balaban J connectivity index is 2.56. The van der Waals surface area contributed by atoms with Gasteiger partial charge in [0.25, 0.3) is 0 Å². The first-order valence-electron chi connectivity index (χ1n) is 3.02. The number of hydrogen-bond donors (Lipinski definition) is 0. The van der Waals surface area contributed by atoms with Gasteiger partial charge in [-0.05, 0) is 0 Å². The molecule has 0 fully saturated rings. The molecule has 0 saturated carbocycles. The summed E-state index contributed by atoms with van der Waals surface area (Å²) in [6.07, 6.45) is 5.17. The summed E-state index contributed by atoms with van der Waals surface area (Å²) in [5.41, 5.74) is 0. The van der Waals surface area contributed by atoms with Crippen molar-refractivity contribution in [3.63, 3.8) is 0 Å². The van der Waals surface area contributed by atoms with E-state index in [-0.39, 0.29) is 0 Å². The van der Waals surface area contributed by atoms with Crippen LogP contribution in [-0.4, -0.2) is 14.2 Å². The third-order valence-electron chi connectivity index (χ3n) is 1.01. The van der Waals surface area contributed by atoms with Crippen molar-refractivity contribution in [1.29, 1.82) is 0 Å². The molecular weight excluding hydrogens is 81.7 g/mol. The molecule has 0 aliphatic rings.